The van der Waals surface area contributed by atoms with Crippen LogP contribution in [-0.2, 0) is 0 Å². The molecule has 2 saturated carbocycles. The zero-order chi connectivity index (χ0) is 23.7. The Bertz CT molecular complexity index is 1230. The number of nitrogens with zero attached hydrogens (tertiary/aromatic N) is 2. The third-order valence-corrected chi connectivity index (χ3v) is 7.98. The molecule has 3 aromatic rings. The van der Waals surface area contributed by atoms with Crippen LogP contribution in [0, 0.1) is 17.8 Å². The number of fused-ring (bicyclic) bond motifs is 1. The van der Waals surface area contributed by atoms with Gasteiger partial charge in [-0.05, 0) is 87.5 Å². The van der Waals surface area contributed by atoms with E-state index >= 15 is 0 Å². The van der Waals surface area contributed by atoms with Crippen molar-refractivity contribution in [1.29, 1.82) is 0 Å². The molecule has 176 valence electrons. The van der Waals surface area contributed by atoms with E-state index in [4.69, 9.17) is 5.10 Å². The zero-order valence-corrected chi connectivity index (χ0v) is 20.6. The van der Waals surface area contributed by atoms with Gasteiger partial charge in [0.1, 0.15) is 0 Å². The molecule has 4 nitrogen and oxygen atoms in total. The first-order valence-electron chi connectivity index (χ1n) is 12.9. The maximum absolute atomic E-state index is 13.5. The molecule has 1 unspecified atom stereocenters. The maximum Gasteiger partial charge on any atom is 0.253 e. The molecule has 2 aliphatic carbocycles. The molecule has 0 saturated heterocycles. The van der Waals surface area contributed by atoms with Crippen molar-refractivity contribution in [1.82, 2.24) is 15.1 Å². The van der Waals surface area contributed by atoms with Crippen molar-refractivity contribution in [3.8, 4) is 11.8 Å². The Labute approximate surface area is 203 Å². The molecule has 0 aliphatic heterocycles. The van der Waals surface area contributed by atoms with Crippen molar-refractivity contribution >= 4 is 16.8 Å². The summed E-state index contributed by atoms with van der Waals surface area (Å²) in [5.74, 6) is 7.67. The van der Waals surface area contributed by atoms with Crippen molar-refractivity contribution in [3.05, 3.63) is 64.8 Å². The number of amides is 1. The summed E-state index contributed by atoms with van der Waals surface area (Å²) in [5.41, 5.74) is 5.12. The predicted octanol–water partition coefficient (Wildman–Crippen LogP) is 6.59. The van der Waals surface area contributed by atoms with E-state index in [0.29, 0.717) is 5.56 Å². The van der Waals surface area contributed by atoms with Gasteiger partial charge in [0.15, 0.2) is 0 Å². The molecule has 0 bridgehead atoms. The zero-order valence-electron chi connectivity index (χ0n) is 20.6. The number of rotatable bonds is 5. The summed E-state index contributed by atoms with van der Waals surface area (Å²) >= 11 is 0. The second-order valence-corrected chi connectivity index (χ2v) is 10.3. The second kappa shape index (κ2) is 9.66. The van der Waals surface area contributed by atoms with Gasteiger partial charge in [-0.15, -0.1) is 5.92 Å². The molecule has 1 aromatic heterocycles. The minimum Gasteiger partial charge on any atom is -0.349 e. The molecule has 2 fully saturated rings. The first-order valence-corrected chi connectivity index (χ1v) is 12.9. The van der Waals surface area contributed by atoms with E-state index in [1.54, 1.807) is 0 Å². The SMILES string of the molecule is CC#Cc1ccc(C(=O)NC2CCC(C)CC2)c2c1cnn2C(C)c1ccc(C2CCC2)cc1. The topological polar surface area (TPSA) is 46.9 Å². The van der Waals surface area contributed by atoms with Crippen LogP contribution in [0.5, 0.6) is 0 Å². The Hall–Kier alpha value is -3.06. The van der Waals surface area contributed by atoms with Crippen molar-refractivity contribution in [2.75, 3.05) is 0 Å². The van der Waals surface area contributed by atoms with Crippen LogP contribution in [0.25, 0.3) is 10.9 Å². The number of carbonyl (C=O) groups is 1. The first kappa shape index (κ1) is 22.7. The Morgan fingerprint density at radius 1 is 1.06 bits per heavy atom. The summed E-state index contributed by atoms with van der Waals surface area (Å²) in [6.07, 6.45) is 10.3. The molecular formula is C30H35N3O. The minimum atomic E-state index is -0.00478. The predicted molar refractivity (Wildman–Crippen MR) is 138 cm³/mol. The van der Waals surface area contributed by atoms with Crippen LogP contribution in [-0.4, -0.2) is 21.7 Å². The van der Waals surface area contributed by atoms with Gasteiger partial charge < -0.3 is 5.32 Å². The smallest absolute Gasteiger partial charge is 0.253 e. The quantitative estimate of drug-likeness (QED) is 0.443. The average Bonchev–Trinajstić information content (AvgIpc) is 3.25. The minimum absolute atomic E-state index is 0.00478. The number of hydrogen-bond acceptors (Lipinski definition) is 2. The lowest BCUT2D eigenvalue weighted by atomic mass is 9.80. The van der Waals surface area contributed by atoms with Crippen LogP contribution in [0.3, 0.4) is 0 Å². The molecule has 2 aliphatic rings. The van der Waals surface area contributed by atoms with Gasteiger partial charge in [0.2, 0.25) is 0 Å². The average molecular weight is 454 g/mol. The third kappa shape index (κ3) is 4.37. The second-order valence-electron chi connectivity index (χ2n) is 10.3. The van der Waals surface area contributed by atoms with Crippen molar-refractivity contribution in [3.63, 3.8) is 0 Å². The largest absolute Gasteiger partial charge is 0.349 e. The van der Waals surface area contributed by atoms with Gasteiger partial charge in [0.05, 0.1) is 23.3 Å². The fraction of sp³-hybridized carbons (Fsp3) is 0.467. The Kier molecular flexibility index (Phi) is 6.46. The third-order valence-electron chi connectivity index (χ3n) is 7.98. The molecule has 5 rings (SSSR count). The monoisotopic (exact) mass is 453 g/mol. The number of carbonyl (C=O) groups excluding carboxylic acids is 1. The number of aromatic nitrogens is 2. The molecule has 0 radical (unpaired) electrons. The number of hydrogen-bond donors (Lipinski definition) is 1. The lowest BCUT2D eigenvalue weighted by molar-refractivity contribution is 0.0924. The Morgan fingerprint density at radius 2 is 1.79 bits per heavy atom. The lowest BCUT2D eigenvalue weighted by Crippen LogP contribution is -2.37. The van der Waals surface area contributed by atoms with Gasteiger partial charge in [0, 0.05) is 17.0 Å². The fourth-order valence-electron chi connectivity index (χ4n) is 5.48. The van der Waals surface area contributed by atoms with Gasteiger partial charge in [-0.2, -0.15) is 5.10 Å². The van der Waals surface area contributed by atoms with E-state index in [-0.39, 0.29) is 18.0 Å². The summed E-state index contributed by atoms with van der Waals surface area (Å²) in [4.78, 5) is 13.5. The molecule has 1 atom stereocenters. The van der Waals surface area contributed by atoms with Crippen LogP contribution in [0.2, 0.25) is 0 Å². The summed E-state index contributed by atoms with van der Waals surface area (Å²) in [7, 11) is 0. The normalized spacial score (nSPS) is 21.4. The van der Waals surface area contributed by atoms with E-state index in [1.807, 2.05) is 29.9 Å². The molecule has 1 heterocycles. The molecule has 4 heteroatoms. The number of nitrogens with one attached hydrogen (secondary N) is 1. The molecule has 0 spiro atoms. The van der Waals surface area contributed by atoms with Gasteiger partial charge in [-0.25, -0.2) is 0 Å². The highest BCUT2D eigenvalue weighted by molar-refractivity contribution is 6.07. The van der Waals surface area contributed by atoms with Crippen LogP contribution in [0.4, 0.5) is 0 Å². The van der Waals surface area contributed by atoms with Crippen LogP contribution < -0.4 is 5.32 Å². The fourth-order valence-corrected chi connectivity index (χ4v) is 5.48. The van der Waals surface area contributed by atoms with Gasteiger partial charge >= 0.3 is 0 Å². The standard InChI is InChI=1S/C30H35N3O/c1-4-6-25-15-18-27(30(34)32-26-16-9-20(2)10-17-26)29-28(25)19-31-33(29)21(3)22-11-13-24(14-12-22)23-7-5-8-23/h11-15,18-21,23,26H,5,7-10,16-17H2,1-3H3,(H,32,34). The van der Waals surface area contributed by atoms with E-state index in [9.17, 15) is 4.79 Å². The van der Waals surface area contributed by atoms with Gasteiger partial charge in [-0.3, -0.25) is 9.48 Å². The van der Waals surface area contributed by atoms with Crippen molar-refractivity contribution < 1.29 is 4.79 Å². The summed E-state index contributed by atoms with van der Waals surface area (Å²) in [5, 5.41) is 9.02. The van der Waals surface area contributed by atoms with E-state index in [1.165, 1.54) is 43.2 Å². The summed E-state index contributed by atoms with van der Waals surface area (Å²) in [6, 6.07) is 13.1. The van der Waals surface area contributed by atoms with Crippen molar-refractivity contribution in [2.24, 2.45) is 5.92 Å². The molecule has 1 N–H and O–H groups in total. The van der Waals surface area contributed by atoms with Crippen molar-refractivity contribution in [2.45, 2.75) is 83.7 Å². The highest BCUT2D eigenvalue weighted by Gasteiger charge is 2.25. The Morgan fingerprint density at radius 3 is 2.44 bits per heavy atom. The number of benzene rings is 2. The summed E-state index contributed by atoms with van der Waals surface area (Å²) in [6.45, 7) is 6.30. The molecular weight excluding hydrogens is 418 g/mol. The molecule has 34 heavy (non-hydrogen) atoms. The molecule has 1 amide bonds. The highest BCUT2D eigenvalue weighted by Crippen LogP contribution is 2.37. The van der Waals surface area contributed by atoms with Crippen LogP contribution in [0.1, 0.15) is 105 Å². The van der Waals surface area contributed by atoms with Gasteiger partial charge in [-0.1, -0.05) is 43.5 Å². The van der Waals surface area contributed by atoms with E-state index in [0.717, 1.165) is 41.1 Å². The Balaban J connectivity index is 1.49. The highest BCUT2D eigenvalue weighted by atomic mass is 16.1. The first-order chi connectivity index (χ1) is 16.5. The molecule has 2 aromatic carbocycles. The van der Waals surface area contributed by atoms with Gasteiger partial charge in [0.25, 0.3) is 5.91 Å². The summed E-state index contributed by atoms with van der Waals surface area (Å²) < 4.78 is 2.01. The van der Waals surface area contributed by atoms with E-state index < -0.39 is 0 Å². The van der Waals surface area contributed by atoms with Crippen LogP contribution >= 0.6 is 0 Å². The maximum atomic E-state index is 13.5. The van der Waals surface area contributed by atoms with Crippen LogP contribution in [0.15, 0.2) is 42.6 Å². The lowest BCUT2D eigenvalue weighted by Gasteiger charge is -2.27. The van der Waals surface area contributed by atoms with E-state index in [2.05, 4.69) is 55.3 Å².